The molecule has 1 aromatic rings. The fraction of sp³-hybridized carbons (Fsp3) is 0.533. The molecule has 2 N–H and O–H groups in total. The van der Waals surface area contributed by atoms with Crippen LogP contribution in [0.3, 0.4) is 0 Å². The maximum Gasteiger partial charge on any atom is 0.236 e. The lowest BCUT2D eigenvalue weighted by Gasteiger charge is -2.28. The largest absolute Gasteiger partial charge is 0.336 e. The van der Waals surface area contributed by atoms with E-state index in [-0.39, 0.29) is 47.5 Å². The van der Waals surface area contributed by atoms with Gasteiger partial charge in [-0.3, -0.25) is 4.79 Å². The Kier molecular flexibility index (Phi) is 12.4. The second-order valence-electron chi connectivity index (χ2n) is 5.33. The van der Waals surface area contributed by atoms with Crippen molar-refractivity contribution >= 4 is 46.7 Å². The van der Waals surface area contributed by atoms with E-state index in [0.717, 1.165) is 5.56 Å². The number of carbonyl (C=O) groups is 1. The van der Waals surface area contributed by atoms with Gasteiger partial charge in [-0.15, -0.1) is 24.8 Å². The highest BCUT2D eigenvalue weighted by Crippen LogP contribution is 2.17. The number of nitrogens with zero attached hydrogens (tertiary/aromatic N) is 1. The number of alkyl halides is 1. The molecule has 1 rings (SSSR count). The van der Waals surface area contributed by atoms with Crippen LogP contribution < -0.4 is 5.73 Å². The van der Waals surface area contributed by atoms with Crippen molar-refractivity contribution in [3.05, 3.63) is 35.9 Å². The highest BCUT2D eigenvalue weighted by molar-refractivity contribution is 9.10. The summed E-state index contributed by atoms with van der Waals surface area (Å²) in [4.78, 5) is 14.1. The van der Waals surface area contributed by atoms with Gasteiger partial charge in [-0.25, -0.2) is 0 Å². The summed E-state index contributed by atoms with van der Waals surface area (Å²) in [6, 6.07) is 9.97. The number of hydrogen-bond acceptors (Lipinski definition) is 2. The zero-order valence-electron chi connectivity index (χ0n) is 12.7. The fourth-order valence-electron chi connectivity index (χ4n) is 1.84. The predicted molar refractivity (Wildman–Crippen MR) is 97.6 cm³/mol. The van der Waals surface area contributed by atoms with E-state index in [1.165, 1.54) is 0 Å². The van der Waals surface area contributed by atoms with E-state index in [9.17, 15) is 4.79 Å². The Morgan fingerprint density at radius 2 is 1.71 bits per heavy atom. The van der Waals surface area contributed by atoms with Crippen LogP contribution in [-0.4, -0.2) is 28.2 Å². The summed E-state index contributed by atoms with van der Waals surface area (Å²) in [7, 11) is 0. The third kappa shape index (κ3) is 8.05. The first kappa shape index (κ1) is 23.0. The molecule has 0 aromatic heterocycles. The summed E-state index contributed by atoms with van der Waals surface area (Å²) in [6.45, 7) is 7.16. The summed E-state index contributed by atoms with van der Waals surface area (Å²) >= 11 is 3.48. The van der Waals surface area contributed by atoms with E-state index in [0.29, 0.717) is 13.1 Å². The van der Waals surface area contributed by atoms with Gasteiger partial charge in [-0.2, -0.15) is 0 Å². The Labute approximate surface area is 148 Å². The zero-order chi connectivity index (χ0) is 14.4. The summed E-state index contributed by atoms with van der Waals surface area (Å²) in [5.74, 6) is 0.370. The number of carbonyl (C=O) groups excluding carboxylic acids is 1. The molecule has 122 valence electrons. The van der Waals surface area contributed by atoms with Crippen LogP contribution in [0, 0.1) is 5.92 Å². The molecule has 0 aliphatic heterocycles. The monoisotopic (exact) mass is 398 g/mol. The SMILES string of the molecule is CC(C)C(Br)C(=O)N(Cc1ccccc1)C[C@@H](C)N.Cl.Cl. The quantitative estimate of drug-likeness (QED) is 0.742. The van der Waals surface area contributed by atoms with Gasteiger partial charge in [0.1, 0.15) is 0 Å². The minimum atomic E-state index is -0.157. The standard InChI is InChI=1S/C15H23BrN2O.2ClH/c1-11(2)14(16)15(19)18(9-12(3)17)10-13-7-5-4-6-8-13;;/h4-8,11-12,14H,9-10,17H2,1-3H3;2*1H/t12-,14?;;/m1../s1. The number of halogens is 3. The molecule has 0 heterocycles. The third-order valence-electron chi connectivity index (χ3n) is 2.86. The van der Waals surface area contributed by atoms with E-state index < -0.39 is 0 Å². The number of benzene rings is 1. The molecule has 1 amide bonds. The van der Waals surface area contributed by atoms with Gasteiger partial charge in [-0.1, -0.05) is 60.1 Å². The third-order valence-corrected chi connectivity index (χ3v) is 4.31. The second kappa shape index (κ2) is 11.3. The van der Waals surface area contributed by atoms with Crippen LogP contribution in [0.15, 0.2) is 30.3 Å². The van der Waals surface area contributed by atoms with Crippen LogP contribution in [0.2, 0.25) is 0 Å². The number of rotatable bonds is 6. The van der Waals surface area contributed by atoms with E-state index in [1.54, 1.807) is 0 Å². The number of nitrogens with two attached hydrogens (primary N) is 1. The van der Waals surface area contributed by atoms with Gasteiger partial charge in [0.2, 0.25) is 5.91 Å². The highest BCUT2D eigenvalue weighted by atomic mass is 79.9. The molecule has 0 spiro atoms. The minimum absolute atomic E-state index is 0. The lowest BCUT2D eigenvalue weighted by Crippen LogP contribution is -2.43. The van der Waals surface area contributed by atoms with Crippen LogP contribution in [0.25, 0.3) is 0 Å². The van der Waals surface area contributed by atoms with Crippen molar-refractivity contribution in [3.8, 4) is 0 Å². The molecule has 0 aliphatic rings. The van der Waals surface area contributed by atoms with Crippen molar-refractivity contribution in [2.75, 3.05) is 6.54 Å². The van der Waals surface area contributed by atoms with E-state index in [1.807, 2.05) is 56.0 Å². The van der Waals surface area contributed by atoms with Crippen molar-refractivity contribution in [2.45, 2.75) is 38.2 Å². The predicted octanol–water partition coefficient (Wildman–Crippen LogP) is 3.63. The number of hydrogen-bond donors (Lipinski definition) is 1. The van der Waals surface area contributed by atoms with Gasteiger partial charge in [0.05, 0.1) is 4.83 Å². The molecule has 6 heteroatoms. The first-order valence-electron chi connectivity index (χ1n) is 6.64. The maximum absolute atomic E-state index is 12.4. The molecule has 2 atom stereocenters. The zero-order valence-corrected chi connectivity index (χ0v) is 15.9. The minimum Gasteiger partial charge on any atom is -0.336 e. The smallest absolute Gasteiger partial charge is 0.236 e. The van der Waals surface area contributed by atoms with Crippen molar-refractivity contribution in [2.24, 2.45) is 11.7 Å². The lowest BCUT2D eigenvalue weighted by atomic mass is 10.1. The molecule has 21 heavy (non-hydrogen) atoms. The van der Waals surface area contributed by atoms with E-state index in [4.69, 9.17) is 5.73 Å². The Morgan fingerprint density at radius 3 is 2.14 bits per heavy atom. The average Bonchev–Trinajstić information content (AvgIpc) is 2.36. The Balaban J connectivity index is 0. The van der Waals surface area contributed by atoms with Crippen LogP contribution in [-0.2, 0) is 11.3 Å². The molecule has 0 bridgehead atoms. The van der Waals surface area contributed by atoms with Gasteiger partial charge in [0.25, 0.3) is 0 Å². The Morgan fingerprint density at radius 1 is 1.19 bits per heavy atom. The summed E-state index contributed by atoms with van der Waals surface area (Å²) in [5, 5.41) is 0. The summed E-state index contributed by atoms with van der Waals surface area (Å²) in [6.07, 6.45) is 0. The molecule has 1 unspecified atom stereocenters. The normalized spacial score (nSPS) is 12.9. The molecule has 0 saturated carbocycles. The highest BCUT2D eigenvalue weighted by Gasteiger charge is 2.25. The Bertz CT molecular complexity index is 402. The molecule has 0 fully saturated rings. The summed E-state index contributed by atoms with van der Waals surface area (Å²) < 4.78 is 0. The molecule has 0 aliphatic carbocycles. The maximum atomic E-state index is 12.4. The fourth-order valence-corrected chi connectivity index (χ4v) is 2.13. The van der Waals surface area contributed by atoms with Gasteiger partial charge >= 0.3 is 0 Å². The average molecular weight is 400 g/mol. The van der Waals surface area contributed by atoms with Crippen molar-refractivity contribution in [1.29, 1.82) is 0 Å². The summed E-state index contributed by atoms with van der Waals surface area (Å²) in [5.41, 5.74) is 6.98. The molecule has 3 nitrogen and oxygen atoms in total. The van der Waals surface area contributed by atoms with Crippen molar-refractivity contribution in [1.82, 2.24) is 4.90 Å². The van der Waals surface area contributed by atoms with Gasteiger partial charge in [-0.05, 0) is 18.4 Å². The van der Waals surface area contributed by atoms with Crippen molar-refractivity contribution < 1.29 is 4.79 Å². The topological polar surface area (TPSA) is 46.3 Å². The number of amides is 1. The molecule has 0 radical (unpaired) electrons. The van der Waals surface area contributed by atoms with Crippen LogP contribution in [0.1, 0.15) is 26.3 Å². The Hall–Kier alpha value is -0.290. The lowest BCUT2D eigenvalue weighted by molar-refractivity contribution is -0.132. The van der Waals surface area contributed by atoms with Crippen LogP contribution in [0.5, 0.6) is 0 Å². The van der Waals surface area contributed by atoms with E-state index >= 15 is 0 Å². The molecular weight excluding hydrogens is 375 g/mol. The van der Waals surface area contributed by atoms with Gasteiger partial charge in [0.15, 0.2) is 0 Å². The second-order valence-corrected chi connectivity index (χ2v) is 6.31. The first-order chi connectivity index (χ1) is 8.91. The van der Waals surface area contributed by atoms with Crippen LogP contribution >= 0.6 is 40.7 Å². The van der Waals surface area contributed by atoms with Gasteiger partial charge < -0.3 is 10.6 Å². The van der Waals surface area contributed by atoms with Gasteiger partial charge in [0, 0.05) is 19.1 Å². The van der Waals surface area contributed by atoms with E-state index in [2.05, 4.69) is 15.9 Å². The van der Waals surface area contributed by atoms with Crippen LogP contribution in [0.4, 0.5) is 0 Å². The first-order valence-corrected chi connectivity index (χ1v) is 7.55. The molecule has 0 saturated heterocycles. The molecular formula is C15H25BrCl2N2O. The van der Waals surface area contributed by atoms with Crippen molar-refractivity contribution in [3.63, 3.8) is 0 Å². The molecule has 1 aromatic carbocycles.